The van der Waals surface area contributed by atoms with Crippen molar-refractivity contribution in [3.63, 3.8) is 0 Å². The molecule has 3 N–H and O–H groups in total. The third kappa shape index (κ3) is 10.9. The molecule has 7 aromatic rings. The zero-order chi connectivity index (χ0) is 47.7. The van der Waals surface area contributed by atoms with E-state index in [4.69, 9.17) is 29.4 Å². The van der Waals surface area contributed by atoms with Crippen LogP contribution in [0.2, 0.25) is 0 Å². The number of benzene rings is 4. The summed E-state index contributed by atoms with van der Waals surface area (Å²) in [6.07, 6.45) is 1.74. The van der Waals surface area contributed by atoms with E-state index in [1.54, 1.807) is 37.7 Å². The summed E-state index contributed by atoms with van der Waals surface area (Å²) < 4.78 is 17.1. The number of anilines is 1. The van der Waals surface area contributed by atoms with E-state index in [2.05, 4.69) is 20.8 Å². The Bertz CT molecular complexity index is 3050. The molecule has 14 nitrogen and oxygen atoms in total. The zero-order valence-corrected chi connectivity index (χ0v) is 43.7. The maximum atomic E-state index is 13.4. The minimum Gasteiger partial charge on any atom is -1.00 e. The average Bonchev–Trinajstić information content (AvgIpc) is 3.85. The van der Waals surface area contributed by atoms with Crippen LogP contribution in [0.4, 0.5) is 5.13 Å². The van der Waals surface area contributed by atoms with E-state index in [1.165, 1.54) is 18.4 Å². The molecule has 2 aliphatic heterocycles. The molecule has 0 fully saturated rings. The molecule has 2 atom stereocenters. The maximum Gasteiger partial charge on any atom is 2.00 e. The zero-order valence-electron chi connectivity index (χ0n) is 39.9. The average molecular weight is 1030 g/mol. The van der Waals surface area contributed by atoms with Crippen molar-refractivity contribution in [2.75, 3.05) is 12.4 Å². The molecule has 2 amide bonds. The number of hydrogen-bond acceptors (Lipinski definition) is 13. The molecule has 3 aromatic heterocycles. The maximum absolute atomic E-state index is 13.4. The van der Waals surface area contributed by atoms with Crippen molar-refractivity contribution in [1.82, 2.24) is 25.5 Å². The fourth-order valence-corrected chi connectivity index (χ4v) is 8.89. The molecule has 17 heteroatoms. The van der Waals surface area contributed by atoms with Crippen LogP contribution in [0.15, 0.2) is 127 Å². The second-order valence-electron chi connectivity index (χ2n) is 17.7. The number of nitrogens with zero attached hydrogens (tertiary/aromatic N) is 5. The Morgan fingerprint density at radius 2 is 1.16 bits per heavy atom. The number of pyridine rings is 2. The van der Waals surface area contributed by atoms with E-state index in [-0.39, 0.29) is 71.1 Å². The number of hydrogen-bond donors (Lipinski definition) is 3. The summed E-state index contributed by atoms with van der Waals surface area (Å²) >= 11 is 1.27. The van der Waals surface area contributed by atoms with E-state index in [0.717, 1.165) is 44.6 Å². The number of carbonyl (C=O) groups excluding carboxylic acids is 3. The molecule has 4 aromatic carbocycles. The van der Waals surface area contributed by atoms with Crippen molar-refractivity contribution in [3.05, 3.63) is 168 Å². The van der Waals surface area contributed by atoms with Gasteiger partial charge in [0.2, 0.25) is 28.7 Å². The van der Waals surface area contributed by atoms with E-state index < -0.39 is 22.4 Å². The molecule has 0 saturated heterocycles. The predicted octanol–water partition coefficient (Wildman–Crippen LogP) is 7.20. The number of fused-ring (bicyclic) bond motifs is 4. The Balaban J connectivity index is 0.000000251. The van der Waals surface area contributed by atoms with Gasteiger partial charge in [-0.15, -0.1) is 10.2 Å². The summed E-state index contributed by atoms with van der Waals surface area (Å²) in [5.41, 5.74) is 6.69. The molecule has 0 bridgehead atoms. The van der Waals surface area contributed by atoms with Crippen LogP contribution in [0.5, 0.6) is 23.3 Å². The first-order valence-corrected chi connectivity index (χ1v) is 22.2. The second kappa shape index (κ2) is 22.0. The number of aromatic nitrogens is 4. The van der Waals surface area contributed by atoms with Crippen LogP contribution in [0.1, 0.15) is 91.6 Å². The van der Waals surface area contributed by atoms with Crippen LogP contribution in [0, 0.1) is 29.7 Å². The van der Waals surface area contributed by atoms with Crippen LogP contribution in [0.25, 0.3) is 22.5 Å². The molecule has 0 aliphatic carbocycles. The largest absolute Gasteiger partial charge is 2.00 e. The minimum atomic E-state index is -0.919. The Labute approximate surface area is 437 Å². The molecule has 5 heterocycles. The fourth-order valence-electron chi connectivity index (χ4n) is 8.45. The number of esters is 1. The molecule has 0 radical (unpaired) electrons. The smallest absolute Gasteiger partial charge is 1.00 e. The monoisotopic (exact) mass is 1030 g/mol. The van der Waals surface area contributed by atoms with Gasteiger partial charge in [-0.1, -0.05) is 124 Å². The van der Waals surface area contributed by atoms with Crippen LogP contribution in [-0.4, -0.2) is 73.2 Å². The Morgan fingerprint density at radius 1 is 0.686 bits per heavy atom. The number of para-hydroxylation sites is 2. The van der Waals surface area contributed by atoms with Crippen LogP contribution >= 0.6 is 11.3 Å². The van der Waals surface area contributed by atoms with Gasteiger partial charge in [0.15, 0.2) is 6.19 Å². The molecule has 0 unspecified atom stereocenters. The van der Waals surface area contributed by atoms with Crippen molar-refractivity contribution >= 4 is 57.3 Å². The topological polar surface area (TPSA) is 199 Å². The molecular weight excluding hydrogens is 983 g/mol. The third-order valence-electron chi connectivity index (χ3n) is 12.1. The third-order valence-corrected chi connectivity index (χ3v) is 12.7. The van der Waals surface area contributed by atoms with E-state index in [0.29, 0.717) is 39.6 Å². The molecule has 70 heavy (non-hydrogen) atoms. The summed E-state index contributed by atoms with van der Waals surface area (Å²) in [6.45, 7) is 10.9. The first-order valence-electron chi connectivity index (χ1n) is 21.4. The van der Waals surface area contributed by atoms with Crippen molar-refractivity contribution in [3.8, 4) is 52.0 Å². The standard InChI is InChI=1S/C26H22N4O4S.C26H25N3O3.CH3.BrH.Mg/c1-26(2,24(32)29-25-30-27-14-35-25)21-17-6-4-5-7-20(17)34-22-18(21)12-13-19(28-22)15-8-10-16(11-9-15)23(31)33-3;1-25(2,24(30)28-15-27)22-18-7-5-6-8-21(18)32-23-19(22)13-14-20(29-23)16-9-11-17(12-10-16)26(3,4)31;;;/h4-14,21H,1-3H3,(H,29,30,32);5-14,22,31H,1-4H3,(H,28,30);1H3;1H;/q;;-1;;+2/p-1/t21-;22-;;;/m00.../s1. The number of aliphatic hydroxyl groups is 1. The van der Waals surface area contributed by atoms with Crippen molar-refractivity contribution in [2.24, 2.45) is 10.8 Å². The fraction of sp³-hybridized carbons (Fsp3) is 0.226. The Morgan fingerprint density at radius 3 is 1.60 bits per heavy atom. The number of rotatable bonds is 9. The van der Waals surface area contributed by atoms with E-state index in [9.17, 15) is 19.5 Å². The quantitative estimate of drug-likeness (QED) is 0.0433. The summed E-state index contributed by atoms with van der Waals surface area (Å²) in [4.78, 5) is 47.5. The summed E-state index contributed by atoms with van der Waals surface area (Å²) in [5.74, 6) is 0.608. The van der Waals surface area contributed by atoms with Gasteiger partial charge in [-0.25, -0.2) is 14.8 Å². The van der Waals surface area contributed by atoms with Gasteiger partial charge in [0.05, 0.1) is 40.5 Å². The number of ether oxygens (including phenoxy) is 3. The van der Waals surface area contributed by atoms with Crippen molar-refractivity contribution in [2.45, 2.75) is 59.0 Å². The van der Waals surface area contributed by atoms with Gasteiger partial charge in [0.1, 0.15) is 17.0 Å². The number of halogens is 1. The number of carbonyl (C=O) groups is 3. The first kappa shape index (κ1) is 54.4. The predicted molar refractivity (Wildman–Crippen MR) is 265 cm³/mol. The van der Waals surface area contributed by atoms with Crippen molar-refractivity contribution < 1.29 is 50.7 Å². The van der Waals surface area contributed by atoms with E-state index in [1.807, 2.05) is 137 Å². The van der Waals surface area contributed by atoms with Crippen LogP contribution in [-0.2, 0) is 19.9 Å². The van der Waals surface area contributed by atoms with Gasteiger partial charge < -0.3 is 49.0 Å². The number of amides is 2. The number of methoxy groups -OCH3 is 1. The first-order chi connectivity index (χ1) is 32.0. The minimum absolute atomic E-state index is 0. The van der Waals surface area contributed by atoms with Crippen LogP contribution in [0.3, 0.4) is 0 Å². The second-order valence-corrected chi connectivity index (χ2v) is 18.6. The molecule has 354 valence electrons. The van der Waals surface area contributed by atoms with Gasteiger partial charge in [-0.3, -0.25) is 14.9 Å². The molecule has 2 aliphatic rings. The van der Waals surface area contributed by atoms with Crippen LogP contribution < -0.4 is 37.1 Å². The van der Waals surface area contributed by atoms with Gasteiger partial charge >= 0.3 is 29.0 Å². The summed E-state index contributed by atoms with van der Waals surface area (Å²) in [5, 5.41) is 32.5. The van der Waals surface area contributed by atoms with Gasteiger partial charge in [0.25, 0.3) is 0 Å². The normalized spacial score (nSPS) is 14.0. The SMILES string of the molecule is CC(C)(O)c1ccc(-c2ccc3c(n2)Oc2ccccc2[C@@H]3C(C)(C)C(=O)NC#N)cc1.COC(=O)c1ccc(-c2ccc3c(n2)Oc2ccccc2[C@@H]3C(C)(C)C(=O)Nc2nncs2)cc1.[Br-].[CH3-].[Mg+2]. The number of nitriles is 1. The Kier molecular flexibility index (Phi) is 17.1. The van der Waals surface area contributed by atoms with E-state index >= 15 is 0 Å². The molecule has 0 spiro atoms. The summed E-state index contributed by atoms with van der Waals surface area (Å²) in [6, 6.07) is 37.6. The molecular formula is C53H50BrMgN7O7S. The van der Waals surface area contributed by atoms with Crippen molar-refractivity contribution in [1.29, 1.82) is 5.26 Å². The van der Waals surface area contributed by atoms with Gasteiger partial charge in [-0.2, -0.15) is 5.26 Å². The molecule has 9 rings (SSSR count). The van der Waals surface area contributed by atoms with Gasteiger partial charge in [0, 0.05) is 45.2 Å². The molecule has 0 saturated carbocycles. The number of nitrogens with one attached hydrogen (secondary N) is 2. The Hall–Kier alpha value is -6.55. The van der Waals surface area contributed by atoms with Gasteiger partial charge in [-0.05, 0) is 55.8 Å². The summed E-state index contributed by atoms with van der Waals surface area (Å²) in [7, 11) is 1.35.